The molecule has 0 bridgehead atoms. The van der Waals surface area contributed by atoms with Crippen molar-refractivity contribution in [1.82, 2.24) is 0 Å². The molecule has 26 heavy (non-hydrogen) atoms. The average Bonchev–Trinajstić information content (AvgIpc) is 2.94. The predicted molar refractivity (Wildman–Crippen MR) is 104 cm³/mol. The molecule has 3 heteroatoms. The SMILES string of the molecule is C[C@H](CCN)[C@H]1CCC2[C@@H]3C(=O)C[C@@H]4C[C@H](O)CCC4(C)[C@H]3CCC21C. The predicted octanol–water partition coefficient (Wildman–Crippen LogP) is 4.17. The van der Waals surface area contributed by atoms with Crippen LogP contribution in [0.15, 0.2) is 0 Å². The standard InChI is InChI=1S/C23H39NO2/c1-14(8-11-24)17-4-5-18-21-19(7-10-23(17,18)3)22(2)9-6-16(25)12-15(22)13-20(21)26/h14-19,21,25H,4-13,24H2,1-3H3/t14-,15+,16-,17-,18?,19+,21+,22?,23?/m1/s1. The molecular weight excluding hydrogens is 322 g/mol. The van der Waals surface area contributed by atoms with Crippen molar-refractivity contribution >= 4 is 5.78 Å². The zero-order valence-corrected chi connectivity index (χ0v) is 17.0. The van der Waals surface area contributed by atoms with Crippen molar-refractivity contribution in [3.05, 3.63) is 0 Å². The van der Waals surface area contributed by atoms with Crippen molar-refractivity contribution in [1.29, 1.82) is 0 Å². The summed E-state index contributed by atoms with van der Waals surface area (Å²) in [5, 5.41) is 10.2. The third-order valence-electron chi connectivity index (χ3n) is 9.82. The quantitative estimate of drug-likeness (QED) is 0.793. The van der Waals surface area contributed by atoms with Crippen molar-refractivity contribution in [2.75, 3.05) is 6.54 Å². The highest BCUT2D eigenvalue weighted by molar-refractivity contribution is 5.83. The molecule has 0 aromatic rings. The van der Waals surface area contributed by atoms with E-state index >= 15 is 0 Å². The van der Waals surface area contributed by atoms with Crippen LogP contribution < -0.4 is 5.73 Å². The fraction of sp³-hybridized carbons (Fsp3) is 0.957. The molecule has 4 aliphatic rings. The lowest BCUT2D eigenvalue weighted by Gasteiger charge is -2.60. The molecule has 0 heterocycles. The van der Waals surface area contributed by atoms with E-state index < -0.39 is 0 Å². The van der Waals surface area contributed by atoms with E-state index in [1.54, 1.807) is 0 Å². The van der Waals surface area contributed by atoms with Crippen molar-refractivity contribution in [2.45, 2.75) is 84.7 Å². The van der Waals surface area contributed by atoms with E-state index in [9.17, 15) is 9.90 Å². The molecule has 4 saturated carbocycles. The lowest BCUT2D eigenvalue weighted by atomic mass is 9.44. The minimum Gasteiger partial charge on any atom is -0.393 e. The summed E-state index contributed by atoms with van der Waals surface area (Å²) in [4.78, 5) is 13.3. The van der Waals surface area contributed by atoms with Crippen LogP contribution in [0.4, 0.5) is 0 Å². The van der Waals surface area contributed by atoms with Crippen LogP contribution in [0.25, 0.3) is 0 Å². The molecular formula is C23H39NO2. The maximum atomic E-state index is 13.3. The van der Waals surface area contributed by atoms with Gasteiger partial charge in [-0.25, -0.2) is 0 Å². The second-order valence-corrected chi connectivity index (χ2v) is 10.8. The van der Waals surface area contributed by atoms with E-state index in [4.69, 9.17) is 5.73 Å². The Balaban J connectivity index is 1.62. The van der Waals surface area contributed by atoms with E-state index in [1.165, 1.54) is 25.7 Å². The molecule has 0 spiro atoms. The summed E-state index contributed by atoms with van der Waals surface area (Å²) < 4.78 is 0. The fourth-order valence-electron chi connectivity index (χ4n) is 8.35. The van der Waals surface area contributed by atoms with Crippen LogP contribution in [-0.2, 0) is 4.79 Å². The van der Waals surface area contributed by atoms with Crippen LogP contribution in [0.1, 0.15) is 78.6 Å². The summed E-state index contributed by atoms with van der Waals surface area (Å²) in [5.41, 5.74) is 6.48. The normalized spacial score (nSPS) is 52.1. The topological polar surface area (TPSA) is 63.3 Å². The molecule has 3 N–H and O–H groups in total. The molecule has 0 aliphatic heterocycles. The summed E-state index contributed by atoms with van der Waals surface area (Å²) in [5.74, 6) is 3.81. The number of nitrogens with two attached hydrogens (primary N) is 1. The van der Waals surface area contributed by atoms with E-state index in [0.29, 0.717) is 40.8 Å². The molecule has 148 valence electrons. The summed E-state index contributed by atoms with van der Waals surface area (Å²) in [6.45, 7) is 8.13. The Morgan fingerprint density at radius 3 is 2.54 bits per heavy atom. The monoisotopic (exact) mass is 361 g/mol. The molecule has 4 rings (SSSR count). The molecule has 0 aromatic heterocycles. The van der Waals surface area contributed by atoms with Gasteiger partial charge in [0.1, 0.15) is 5.78 Å². The summed E-state index contributed by atoms with van der Waals surface area (Å²) >= 11 is 0. The zero-order chi connectivity index (χ0) is 18.7. The van der Waals surface area contributed by atoms with Gasteiger partial charge in [-0.2, -0.15) is 0 Å². The van der Waals surface area contributed by atoms with Gasteiger partial charge in [0.2, 0.25) is 0 Å². The molecule has 4 fully saturated rings. The Kier molecular flexibility index (Phi) is 4.79. The fourth-order valence-corrected chi connectivity index (χ4v) is 8.35. The highest BCUT2D eigenvalue weighted by Crippen LogP contribution is 2.67. The number of aliphatic hydroxyl groups excluding tert-OH is 1. The van der Waals surface area contributed by atoms with Crippen molar-refractivity contribution in [3.63, 3.8) is 0 Å². The van der Waals surface area contributed by atoms with Gasteiger partial charge in [-0.15, -0.1) is 0 Å². The van der Waals surface area contributed by atoms with Gasteiger partial charge >= 0.3 is 0 Å². The number of hydrogen-bond donors (Lipinski definition) is 2. The third kappa shape index (κ3) is 2.64. The number of hydrogen-bond acceptors (Lipinski definition) is 3. The Morgan fingerprint density at radius 2 is 1.81 bits per heavy atom. The van der Waals surface area contributed by atoms with E-state index in [2.05, 4.69) is 20.8 Å². The molecule has 0 saturated heterocycles. The van der Waals surface area contributed by atoms with Crippen LogP contribution in [0.3, 0.4) is 0 Å². The molecule has 0 radical (unpaired) electrons. The Bertz CT molecular complexity index is 562. The first-order valence-electron chi connectivity index (χ1n) is 11.2. The second-order valence-electron chi connectivity index (χ2n) is 10.8. The first kappa shape index (κ1) is 18.9. The summed E-state index contributed by atoms with van der Waals surface area (Å²) in [6.07, 6.45) is 9.60. The molecule has 0 aromatic carbocycles. The summed E-state index contributed by atoms with van der Waals surface area (Å²) in [7, 11) is 0. The lowest BCUT2D eigenvalue weighted by Crippen LogP contribution is -2.57. The molecule has 3 unspecified atom stereocenters. The maximum Gasteiger partial charge on any atom is 0.136 e. The van der Waals surface area contributed by atoms with E-state index in [0.717, 1.165) is 44.6 Å². The number of ketones is 1. The van der Waals surface area contributed by atoms with Gasteiger partial charge in [0.15, 0.2) is 0 Å². The van der Waals surface area contributed by atoms with Gasteiger partial charge in [-0.1, -0.05) is 20.8 Å². The number of Topliss-reactive ketones (excluding diaryl/α,β-unsaturated/α-hetero) is 1. The maximum absolute atomic E-state index is 13.3. The van der Waals surface area contributed by atoms with Crippen molar-refractivity contribution in [3.8, 4) is 0 Å². The Labute approximate surface area is 159 Å². The van der Waals surface area contributed by atoms with Crippen LogP contribution >= 0.6 is 0 Å². The molecule has 9 atom stereocenters. The third-order valence-corrected chi connectivity index (χ3v) is 9.82. The first-order chi connectivity index (χ1) is 12.3. The number of aliphatic hydroxyl groups is 1. The van der Waals surface area contributed by atoms with Gasteiger partial charge in [0, 0.05) is 12.3 Å². The minimum atomic E-state index is -0.181. The molecule has 0 amide bonds. The Hall–Kier alpha value is -0.410. The molecule has 4 aliphatic carbocycles. The highest BCUT2D eigenvalue weighted by Gasteiger charge is 2.62. The van der Waals surface area contributed by atoms with Gasteiger partial charge in [-0.3, -0.25) is 4.79 Å². The zero-order valence-electron chi connectivity index (χ0n) is 17.0. The van der Waals surface area contributed by atoms with Crippen LogP contribution in [0, 0.1) is 46.3 Å². The van der Waals surface area contributed by atoms with Crippen molar-refractivity contribution in [2.24, 2.45) is 52.1 Å². The van der Waals surface area contributed by atoms with Crippen LogP contribution in [0.5, 0.6) is 0 Å². The van der Waals surface area contributed by atoms with Gasteiger partial charge in [0.25, 0.3) is 0 Å². The van der Waals surface area contributed by atoms with Crippen molar-refractivity contribution < 1.29 is 9.90 Å². The number of rotatable bonds is 3. The minimum absolute atomic E-state index is 0.181. The van der Waals surface area contributed by atoms with E-state index in [1.807, 2.05) is 0 Å². The van der Waals surface area contributed by atoms with E-state index in [-0.39, 0.29) is 11.5 Å². The average molecular weight is 362 g/mol. The number of carbonyl (C=O) groups excluding carboxylic acids is 1. The smallest absolute Gasteiger partial charge is 0.136 e. The lowest BCUT2D eigenvalue weighted by molar-refractivity contribution is -0.160. The summed E-state index contributed by atoms with van der Waals surface area (Å²) in [6, 6.07) is 0. The number of carbonyl (C=O) groups is 1. The van der Waals surface area contributed by atoms with Gasteiger partial charge in [-0.05, 0) is 98.3 Å². The van der Waals surface area contributed by atoms with Crippen LogP contribution in [-0.4, -0.2) is 23.5 Å². The highest BCUT2D eigenvalue weighted by atomic mass is 16.3. The van der Waals surface area contributed by atoms with Gasteiger partial charge < -0.3 is 10.8 Å². The largest absolute Gasteiger partial charge is 0.393 e. The van der Waals surface area contributed by atoms with Crippen LogP contribution in [0.2, 0.25) is 0 Å². The second kappa shape index (κ2) is 6.58. The molecule has 3 nitrogen and oxygen atoms in total. The Morgan fingerprint density at radius 1 is 1.12 bits per heavy atom. The number of fused-ring (bicyclic) bond motifs is 5. The van der Waals surface area contributed by atoms with Gasteiger partial charge in [0.05, 0.1) is 6.10 Å². The first-order valence-corrected chi connectivity index (χ1v) is 11.2.